The van der Waals surface area contributed by atoms with Gasteiger partial charge >= 0.3 is 0 Å². The van der Waals surface area contributed by atoms with Gasteiger partial charge in [-0.3, -0.25) is 0 Å². The Labute approximate surface area is 199 Å². The van der Waals surface area contributed by atoms with Crippen LogP contribution < -0.4 is 4.57 Å². The number of hydrogen-bond acceptors (Lipinski definition) is 0. The van der Waals surface area contributed by atoms with Crippen LogP contribution in [0.2, 0.25) is 0 Å². The molecule has 0 N–H and O–H groups in total. The predicted molar refractivity (Wildman–Crippen MR) is 140 cm³/mol. The molecule has 1 heterocycles. The standard InChI is InChI=1S/C31H50N/c1-2-3-4-5-6-7-8-9-10-11-12-13-14-15-17-24-31-26-21-28-32(29-31)27-20-25-30-22-18-16-19-23-30/h16,18-19,21-23,26,28-29H,2-15,17,20,24-25,27H2,1H3/q+1. The maximum absolute atomic E-state index is 2.38. The van der Waals surface area contributed by atoms with E-state index >= 15 is 0 Å². The Kier molecular flexibility index (Phi) is 15.7. The Hall–Kier alpha value is -1.63. The normalized spacial score (nSPS) is 11.2. The third-order valence-electron chi connectivity index (χ3n) is 6.71. The van der Waals surface area contributed by atoms with Crippen LogP contribution in [0.25, 0.3) is 0 Å². The Morgan fingerprint density at radius 3 is 1.59 bits per heavy atom. The molecule has 1 aromatic heterocycles. The second-order valence-electron chi connectivity index (χ2n) is 9.74. The van der Waals surface area contributed by atoms with Crippen molar-refractivity contribution in [3.63, 3.8) is 0 Å². The zero-order valence-corrected chi connectivity index (χ0v) is 21.1. The van der Waals surface area contributed by atoms with E-state index in [9.17, 15) is 0 Å². The average Bonchev–Trinajstić information content (AvgIpc) is 2.82. The van der Waals surface area contributed by atoms with Crippen LogP contribution in [0.1, 0.15) is 121 Å². The summed E-state index contributed by atoms with van der Waals surface area (Å²) in [6.07, 6.45) is 29.7. The lowest BCUT2D eigenvalue weighted by atomic mass is 10.0. The minimum Gasteiger partial charge on any atom is -0.205 e. The summed E-state index contributed by atoms with van der Waals surface area (Å²) < 4.78 is 2.38. The van der Waals surface area contributed by atoms with Gasteiger partial charge in [0, 0.05) is 18.1 Å². The van der Waals surface area contributed by atoms with Gasteiger partial charge in [0.25, 0.3) is 0 Å². The van der Waals surface area contributed by atoms with E-state index in [0.717, 1.165) is 13.0 Å². The summed E-state index contributed by atoms with van der Waals surface area (Å²) >= 11 is 0. The molecule has 178 valence electrons. The van der Waals surface area contributed by atoms with Crippen LogP contribution in [-0.2, 0) is 19.4 Å². The predicted octanol–water partition coefficient (Wildman–Crippen LogP) is 9.02. The summed E-state index contributed by atoms with van der Waals surface area (Å²) in [5.74, 6) is 0. The Bertz CT molecular complexity index is 663. The van der Waals surface area contributed by atoms with Crippen molar-refractivity contribution in [2.75, 3.05) is 0 Å². The SMILES string of the molecule is CCCCCCCCCCCCCCCCCc1ccc[n+](CCCc2ccccc2)c1. The Balaban J connectivity index is 1.40. The van der Waals surface area contributed by atoms with Crippen LogP contribution in [0.3, 0.4) is 0 Å². The second kappa shape index (κ2) is 18.9. The molecular weight excluding hydrogens is 386 g/mol. The van der Waals surface area contributed by atoms with E-state index in [2.05, 4.69) is 66.3 Å². The summed E-state index contributed by atoms with van der Waals surface area (Å²) in [6.45, 7) is 3.41. The summed E-state index contributed by atoms with van der Waals surface area (Å²) in [6, 6.07) is 15.4. The van der Waals surface area contributed by atoms with Crippen molar-refractivity contribution in [3.05, 3.63) is 66.0 Å². The van der Waals surface area contributed by atoms with Crippen molar-refractivity contribution in [1.29, 1.82) is 0 Å². The highest BCUT2D eigenvalue weighted by molar-refractivity contribution is 5.14. The molecule has 0 atom stereocenters. The monoisotopic (exact) mass is 436 g/mol. The van der Waals surface area contributed by atoms with Gasteiger partial charge in [-0.05, 0) is 30.9 Å². The first kappa shape index (κ1) is 26.6. The quantitative estimate of drug-likeness (QED) is 0.144. The van der Waals surface area contributed by atoms with Crippen molar-refractivity contribution >= 4 is 0 Å². The molecule has 0 unspecified atom stereocenters. The zero-order chi connectivity index (χ0) is 22.5. The van der Waals surface area contributed by atoms with Gasteiger partial charge in [-0.15, -0.1) is 0 Å². The minimum atomic E-state index is 1.11. The fourth-order valence-electron chi connectivity index (χ4n) is 4.67. The van der Waals surface area contributed by atoms with E-state index in [1.807, 2.05) is 0 Å². The van der Waals surface area contributed by atoms with Gasteiger partial charge in [0.2, 0.25) is 0 Å². The molecule has 0 fully saturated rings. The fraction of sp³-hybridized carbons (Fsp3) is 0.645. The lowest BCUT2D eigenvalue weighted by Gasteiger charge is -2.04. The molecule has 0 saturated heterocycles. The van der Waals surface area contributed by atoms with E-state index < -0.39 is 0 Å². The van der Waals surface area contributed by atoms with E-state index in [1.54, 1.807) is 0 Å². The molecule has 1 aromatic carbocycles. The molecule has 0 bridgehead atoms. The van der Waals surface area contributed by atoms with Crippen LogP contribution in [0.5, 0.6) is 0 Å². The third kappa shape index (κ3) is 13.7. The van der Waals surface area contributed by atoms with Crippen LogP contribution in [0.15, 0.2) is 54.9 Å². The number of unbranched alkanes of at least 4 members (excludes halogenated alkanes) is 14. The lowest BCUT2D eigenvalue weighted by Crippen LogP contribution is -2.33. The molecule has 1 heteroatoms. The molecule has 2 aromatic rings. The first-order valence-corrected chi connectivity index (χ1v) is 13.9. The number of hydrogen-bond donors (Lipinski definition) is 0. The number of aromatic nitrogens is 1. The summed E-state index contributed by atoms with van der Waals surface area (Å²) in [5, 5.41) is 0. The third-order valence-corrected chi connectivity index (χ3v) is 6.71. The van der Waals surface area contributed by atoms with Crippen LogP contribution in [0.4, 0.5) is 0 Å². The van der Waals surface area contributed by atoms with E-state index in [1.165, 1.54) is 120 Å². The number of nitrogens with zero attached hydrogens (tertiary/aromatic N) is 1. The van der Waals surface area contributed by atoms with Gasteiger partial charge in [0.05, 0.1) is 0 Å². The smallest absolute Gasteiger partial charge is 0.171 e. The van der Waals surface area contributed by atoms with E-state index in [0.29, 0.717) is 0 Å². The number of aryl methyl sites for hydroxylation is 3. The highest BCUT2D eigenvalue weighted by Gasteiger charge is 2.04. The van der Waals surface area contributed by atoms with Gasteiger partial charge in [-0.25, -0.2) is 4.57 Å². The van der Waals surface area contributed by atoms with Gasteiger partial charge in [-0.1, -0.05) is 127 Å². The van der Waals surface area contributed by atoms with Crippen molar-refractivity contribution in [3.8, 4) is 0 Å². The van der Waals surface area contributed by atoms with Gasteiger partial charge in [0.15, 0.2) is 12.4 Å². The molecule has 2 rings (SSSR count). The molecule has 0 spiro atoms. The molecule has 0 aliphatic heterocycles. The number of rotatable bonds is 20. The Morgan fingerprint density at radius 1 is 0.500 bits per heavy atom. The van der Waals surface area contributed by atoms with Crippen LogP contribution in [0, 0.1) is 0 Å². The molecule has 0 saturated carbocycles. The summed E-state index contributed by atoms with van der Waals surface area (Å²) in [4.78, 5) is 0. The number of pyridine rings is 1. The lowest BCUT2D eigenvalue weighted by molar-refractivity contribution is -0.697. The van der Waals surface area contributed by atoms with Crippen LogP contribution >= 0.6 is 0 Å². The maximum atomic E-state index is 2.38. The first-order valence-electron chi connectivity index (χ1n) is 13.9. The molecular formula is C31H50N+. The van der Waals surface area contributed by atoms with Crippen molar-refractivity contribution in [1.82, 2.24) is 0 Å². The average molecular weight is 437 g/mol. The fourth-order valence-corrected chi connectivity index (χ4v) is 4.67. The molecule has 0 radical (unpaired) electrons. The number of benzene rings is 1. The first-order chi connectivity index (χ1) is 15.9. The van der Waals surface area contributed by atoms with Crippen molar-refractivity contribution in [2.45, 2.75) is 129 Å². The Morgan fingerprint density at radius 2 is 1.00 bits per heavy atom. The topological polar surface area (TPSA) is 3.88 Å². The van der Waals surface area contributed by atoms with Crippen LogP contribution in [-0.4, -0.2) is 0 Å². The maximum Gasteiger partial charge on any atom is 0.171 e. The largest absolute Gasteiger partial charge is 0.205 e. The molecule has 0 amide bonds. The molecule has 0 aliphatic carbocycles. The highest BCUT2D eigenvalue weighted by atomic mass is 14.9. The zero-order valence-electron chi connectivity index (χ0n) is 21.1. The minimum absolute atomic E-state index is 1.11. The molecule has 1 nitrogen and oxygen atoms in total. The highest BCUT2D eigenvalue weighted by Crippen LogP contribution is 2.14. The van der Waals surface area contributed by atoms with E-state index in [-0.39, 0.29) is 0 Å². The van der Waals surface area contributed by atoms with Gasteiger partial charge < -0.3 is 0 Å². The van der Waals surface area contributed by atoms with Crippen molar-refractivity contribution < 1.29 is 4.57 Å². The van der Waals surface area contributed by atoms with Gasteiger partial charge in [-0.2, -0.15) is 0 Å². The summed E-state index contributed by atoms with van der Waals surface area (Å²) in [5.41, 5.74) is 2.95. The van der Waals surface area contributed by atoms with Crippen molar-refractivity contribution in [2.24, 2.45) is 0 Å². The van der Waals surface area contributed by atoms with Gasteiger partial charge in [0.1, 0.15) is 6.54 Å². The van der Waals surface area contributed by atoms with E-state index in [4.69, 9.17) is 0 Å². The molecule has 32 heavy (non-hydrogen) atoms. The second-order valence-corrected chi connectivity index (χ2v) is 9.74. The molecule has 0 aliphatic rings. The summed E-state index contributed by atoms with van der Waals surface area (Å²) in [7, 11) is 0.